The Morgan fingerprint density at radius 2 is 1.51 bits per heavy atom. The number of ether oxygens (including phenoxy) is 1. The van der Waals surface area contributed by atoms with Crippen LogP contribution < -0.4 is 9.64 Å². The molecule has 1 aliphatic rings. The molecule has 1 fully saturated rings. The Labute approximate surface area is 278 Å². The third-order valence-electron chi connectivity index (χ3n) is 6.21. The zero-order valence-electron chi connectivity index (χ0n) is 21.7. The molecule has 4 nitrogen and oxygen atoms in total. The second kappa shape index (κ2) is 13.1. The first-order valence-electron chi connectivity index (χ1n) is 12.3. The van der Waals surface area contributed by atoms with E-state index in [1.54, 1.807) is 17.0 Å². The Balaban J connectivity index is 1.47. The Hall–Kier alpha value is -2.07. The third-order valence-corrected chi connectivity index (χ3v) is 9.70. The quantitative estimate of drug-likeness (QED) is 0.183. The van der Waals surface area contributed by atoms with Crippen LogP contribution in [0.5, 0.6) is 5.75 Å². The number of rotatable bonds is 6. The van der Waals surface area contributed by atoms with Gasteiger partial charge in [-0.1, -0.05) is 63.4 Å². The van der Waals surface area contributed by atoms with Crippen LogP contribution in [0.1, 0.15) is 22.3 Å². The molecule has 0 aliphatic carbocycles. The van der Waals surface area contributed by atoms with Gasteiger partial charge in [0.25, 0.3) is 5.91 Å². The van der Waals surface area contributed by atoms with Gasteiger partial charge in [-0.25, -0.2) is 4.99 Å². The van der Waals surface area contributed by atoms with Crippen LogP contribution in [-0.4, -0.2) is 11.1 Å². The van der Waals surface area contributed by atoms with E-state index in [0.717, 1.165) is 35.7 Å². The second-order valence-corrected chi connectivity index (χ2v) is 13.7. The topological polar surface area (TPSA) is 41.9 Å². The number of aryl methyl sites for hydroxylation is 2. The van der Waals surface area contributed by atoms with Gasteiger partial charge in [0.15, 0.2) is 5.17 Å². The van der Waals surface area contributed by atoms with Gasteiger partial charge in [0.2, 0.25) is 0 Å². The molecular weight excluding hydrogens is 775 g/mol. The average Bonchev–Trinajstić information content (AvgIpc) is 3.22. The number of amides is 1. The van der Waals surface area contributed by atoms with Crippen LogP contribution in [0, 0.1) is 13.8 Å². The number of amidine groups is 1. The van der Waals surface area contributed by atoms with Crippen molar-refractivity contribution in [1.29, 1.82) is 0 Å². The summed E-state index contributed by atoms with van der Waals surface area (Å²) in [5.41, 5.74) is 5.03. The normalized spacial score (nSPS) is 15.3. The molecule has 1 saturated heterocycles. The molecule has 1 aliphatic heterocycles. The molecule has 5 rings (SSSR count). The number of nitrogens with zero attached hydrogens (tertiary/aromatic N) is 2. The van der Waals surface area contributed by atoms with Crippen molar-refractivity contribution < 1.29 is 9.53 Å². The van der Waals surface area contributed by atoms with Gasteiger partial charge in [-0.15, -0.1) is 0 Å². The molecule has 10 heteroatoms. The van der Waals surface area contributed by atoms with Crippen LogP contribution >= 0.6 is 82.8 Å². The summed E-state index contributed by atoms with van der Waals surface area (Å²) in [6, 6.07) is 22.9. The molecular formula is C31H21Br3Cl2N2O2S. The van der Waals surface area contributed by atoms with E-state index in [2.05, 4.69) is 47.8 Å². The van der Waals surface area contributed by atoms with Crippen molar-refractivity contribution in [2.24, 2.45) is 4.99 Å². The molecule has 0 radical (unpaired) electrons. The molecule has 0 unspecified atom stereocenters. The molecule has 0 N–H and O–H groups in total. The van der Waals surface area contributed by atoms with Gasteiger partial charge in [-0.2, -0.15) is 0 Å². The lowest BCUT2D eigenvalue weighted by Crippen LogP contribution is -2.28. The fraction of sp³-hybridized carbons (Fsp3) is 0.0968. The van der Waals surface area contributed by atoms with Gasteiger partial charge in [-0.3, -0.25) is 9.69 Å². The van der Waals surface area contributed by atoms with Crippen LogP contribution in [0.3, 0.4) is 0 Å². The summed E-state index contributed by atoms with van der Waals surface area (Å²) in [5, 5.41) is 1.69. The number of carbonyl (C=O) groups excluding carboxylic acids is 1. The number of aliphatic imine (C=N–C) groups is 1. The molecule has 0 atom stereocenters. The molecule has 4 aromatic rings. The van der Waals surface area contributed by atoms with E-state index in [9.17, 15) is 4.79 Å². The summed E-state index contributed by atoms with van der Waals surface area (Å²) >= 11 is 24.8. The molecule has 208 valence electrons. The average molecular weight is 796 g/mol. The summed E-state index contributed by atoms with van der Waals surface area (Å²) < 4.78 is 8.62. The smallest absolute Gasteiger partial charge is 0.271 e. The van der Waals surface area contributed by atoms with E-state index in [1.807, 2.05) is 80.6 Å². The standard InChI is InChI=1S/C31H21Br3Cl2N2O2S/c1-17-3-9-22(14-26(17)35)37-31-38(23-10-4-18(2)27(36)15-23)30(39)28(41-31)13-20-11-24(33)29(25(34)12-20)40-16-19-5-7-21(32)8-6-19/h3-15H,16H2,1-2H3/b28-13+,37-31?. The molecule has 4 aromatic carbocycles. The number of thioether (sulfide) groups is 1. The molecule has 0 saturated carbocycles. The van der Waals surface area contributed by atoms with Crippen molar-refractivity contribution in [2.45, 2.75) is 20.5 Å². The zero-order valence-corrected chi connectivity index (χ0v) is 28.8. The van der Waals surface area contributed by atoms with Crippen molar-refractivity contribution in [3.63, 3.8) is 0 Å². The molecule has 41 heavy (non-hydrogen) atoms. The van der Waals surface area contributed by atoms with Crippen LogP contribution in [0.15, 0.2) is 96.1 Å². The van der Waals surface area contributed by atoms with Crippen LogP contribution in [0.2, 0.25) is 10.0 Å². The third kappa shape index (κ3) is 7.12. The maximum Gasteiger partial charge on any atom is 0.271 e. The number of anilines is 1. The molecule has 1 amide bonds. The molecule has 0 bridgehead atoms. The van der Waals surface area contributed by atoms with E-state index in [-0.39, 0.29) is 5.91 Å². The van der Waals surface area contributed by atoms with Crippen molar-refractivity contribution in [3.8, 4) is 5.75 Å². The minimum Gasteiger partial charge on any atom is -0.487 e. The predicted octanol–water partition coefficient (Wildman–Crippen LogP) is 11.3. The van der Waals surface area contributed by atoms with Crippen LogP contribution in [0.4, 0.5) is 11.4 Å². The zero-order chi connectivity index (χ0) is 29.3. The monoisotopic (exact) mass is 792 g/mol. The van der Waals surface area contributed by atoms with Crippen molar-refractivity contribution >= 4 is 111 Å². The molecule has 0 aromatic heterocycles. The first-order valence-corrected chi connectivity index (χ1v) is 16.3. The number of halogens is 5. The van der Waals surface area contributed by atoms with E-state index in [1.165, 1.54) is 11.8 Å². The van der Waals surface area contributed by atoms with Crippen molar-refractivity contribution in [2.75, 3.05) is 4.90 Å². The van der Waals surface area contributed by atoms with Gasteiger partial charge < -0.3 is 4.74 Å². The number of hydrogen-bond donors (Lipinski definition) is 0. The van der Waals surface area contributed by atoms with E-state index >= 15 is 0 Å². The Bertz CT molecular complexity index is 1700. The summed E-state index contributed by atoms with van der Waals surface area (Å²) in [4.78, 5) is 20.7. The first-order chi connectivity index (χ1) is 19.6. The lowest BCUT2D eigenvalue weighted by molar-refractivity contribution is -0.113. The summed E-state index contributed by atoms with van der Waals surface area (Å²) in [6.07, 6.45) is 1.84. The highest BCUT2D eigenvalue weighted by Crippen LogP contribution is 2.41. The first kappa shape index (κ1) is 30.4. The van der Waals surface area contributed by atoms with Gasteiger partial charge in [0.1, 0.15) is 12.4 Å². The van der Waals surface area contributed by atoms with Gasteiger partial charge in [-0.05, 0) is 134 Å². The summed E-state index contributed by atoms with van der Waals surface area (Å²) in [7, 11) is 0. The van der Waals surface area contributed by atoms with Gasteiger partial charge in [0, 0.05) is 14.5 Å². The highest BCUT2D eigenvalue weighted by Gasteiger charge is 2.35. The largest absolute Gasteiger partial charge is 0.487 e. The Kier molecular flexibility index (Phi) is 9.68. The fourth-order valence-corrected chi connectivity index (χ4v) is 7.01. The minimum atomic E-state index is -0.199. The number of carbonyl (C=O) groups is 1. The lowest BCUT2D eigenvalue weighted by atomic mass is 10.2. The van der Waals surface area contributed by atoms with Gasteiger partial charge in [0.05, 0.1) is 25.2 Å². The minimum absolute atomic E-state index is 0.199. The molecule has 0 spiro atoms. The highest BCUT2D eigenvalue weighted by molar-refractivity contribution is 9.11. The van der Waals surface area contributed by atoms with E-state index in [4.69, 9.17) is 32.9 Å². The second-order valence-electron chi connectivity index (χ2n) is 9.24. The van der Waals surface area contributed by atoms with Gasteiger partial charge >= 0.3 is 0 Å². The fourth-order valence-electron chi connectivity index (χ4n) is 3.95. The van der Waals surface area contributed by atoms with E-state index < -0.39 is 0 Å². The molecule has 1 heterocycles. The Morgan fingerprint density at radius 1 is 0.878 bits per heavy atom. The highest BCUT2D eigenvalue weighted by atomic mass is 79.9. The van der Waals surface area contributed by atoms with E-state index in [0.29, 0.717) is 43.8 Å². The number of hydrogen-bond acceptors (Lipinski definition) is 4. The van der Waals surface area contributed by atoms with Crippen molar-refractivity contribution in [3.05, 3.63) is 123 Å². The lowest BCUT2D eigenvalue weighted by Gasteiger charge is -2.16. The Morgan fingerprint density at radius 3 is 2.15 bits per heavy atom. The van der Waals surface area contributed by atoms with Crippen molar-refractivity contribution in [1.82, 2.24) is 0 Å². The SMILES string of the molecule is Cc1ccc(N=C2S/C(=C/c3cc(Br)c(OCc4ccc(Br)cc4)c(Br)c3)C(=O)N2c2ccc(C)c(Cl)c2)cc1Cl. The van der Waals surface area contributed by atoms with Crippen LogP contribution in [0.25, 0.3) is 6.08 Å². The summed E-state index contributed by atoms with van der Waals surface area (Å²) in [6.45, 7) is 4.27. The summed E-state index contributed by atoms with van der Waals surface area (Å²) in [5.74, 6) is 0.476. The maximum atomic E-state index is 13.8. The maximum absolute atomic E-state index is 13.8. The predicted molar refractivity (Wildman–Crippen MR) is 183 cm³/mol. The van der Waals surface area contributed by atoms with Crippen LogP contribution in [-0.2, 0) is 11.4 Å². The number of benzene rings is 4.